The van der Waals surface area contributed by atoms with Crippen LogP contribution in [0.1, 0.15) is 62.3 Å². The van der Waals surface area contributed by atoms with Crippen LogP contribution in [0.15, 0.2) is 182 Å². The van der Waals surface area contributed by atoms with Crippen molar-refractivity contribution in [1.82, 2.24) is 0 Å². The van der Waals surface area contributed by atoms with Gasteiger partial charge in [0.2, 0.25) is 0 Å². The maximum atomic E-state index is 12.6. The van der Waals surface area contributed by atoms with Gasteiger partial charge in [-0.3, -0.25) is 0 Å². The average Bonchev–Trinajstić information content (AvgIpc) is 3.54. The smallest absolute Gasteiger partial charge is 0.261 e. The molecule has 4 atom stereocenters. The Balaban J connectivity index is 1.45. The topological polar surface area (TPSA) is 57.2 Å². The minimum absolute atomic E-state index is 0.188. The first kappa shape index (κ1) is 44.8. The molecule has 0 aliphatic carbocycles. The summed E-state index contributed by atoms with van der Waals surface area (Å²) < 4.78 is 30.5. The molecule has 5 nitrogen and oxygen atoms in total. The minimum Gasteiger partial charge on any atom is -0.405 e. The van der Waals surface area contributed by atoms with E-state index in [0.717, 1.165) is 20.7 Å². The number of aliphatic hydroxyl groups excluding tert-OH is 1. The van der Waals surface area contributed by atoms with Gasteiger partial charge in [0.25, 0.3) is 25.0 Å². The van der Waals surface area contributed by atoms with E-state index in [9.17, 15) is 5.11 Å². The summed E-state index contributed by atoms with van der Waals surface area (Å²) in [6, 6.07) is 64.0. The molecule has 1 aliphatic rings. The molecular weight excluding hydrogens is 801 g/mol. The van der Waals surface area contributed by atoms with E-state index in [0.29, 0.717) is 0 Å². The number of hydrogen-bond donors (Lipinski definition) is 1. The van der Waals surface area contributed by atoms with Gasteiger partial charge in [0.15, 0.2) is 6.29 Å². The van der Waals surface area contributed by atoms with Crippen molar-refractivity contribution in [2.24, 2.45) is 0 Å². The third kappa shape index (κ3) is 8.37. The summed E-state index contributed by atoms with van der Waals surface area (Å²) in [6.07, 6.45) is -3.55. The molecule has 1 fully saturated rings. The van der Waals surface area contributed by atoms with Gasteiger partial charge < -0.3 is 23.1 Å². The Bertz CT molecular complexity index is 2160. The summed E-state index contributed by atoms with van der Waals surface area (Å²) in [5.41, 5.74) is 0. The van der Waals surface area contributed by atoms with Crippen molar-refractivity contribution in [3.05, 3.63) is 182 Å². The maximum Gasteiger partial charge on any atom is 0.261 e. The van der Waals surface area contributed by atoms with Crippen LogP contribution in [0.2, 0.25) is 15.1 Å². The number of rotatable bonds is 13. The molecule has 1 N–H and O–H groups in total. The number of aliphatic hydroxyl groups is 1. The molecule has 8 heteroatoms. The second-order valence-corrected chi connectivity index (χ2v) is 32.3. The van der Waals surface area contributed by atoms with E-state index < -0.39 is 49.6 Å². The fraction of sp³-hybridized carbons (Fsp3) is 0.321. The first-order valence-corrected chi connectivity index (χ1v) is 27.4. The number of hydrogen-bond acceptors (Lipinski definition) is 5. The van der Waals surface area contributed by atoms with Crippen molar-refractivity contribution in [1.29, 1.82) is 0 Å². The van der Waals surface area contributed by atoms with Crippen molar-refractivity contribution in [2.75, 3.05) is 6.61 Å². The lowest BCUT2D eigenvalue weighted by atomic mass is 10.1. The van der Waals surface area contributed by atoms with E-state index in [2.05, 4.69) is 244 Å². The Labute approximate surface area is 368 Å². The molecule has 6 aromatic rings. The van der Waals surface area contributed by atoms with Crippen molar-refractivity contribution < 1.29 is 23.1 Å². The fourth-order valence-corrected chi connectivity index (χ4v) is 23.8. The van der Waals surface area contributed by atoms with Gasteiger partial charge in [-0.1, -0.05) is 244 Å². The van der Waals surface area contributed by atoms with E-state index in [4.69, 9.17) is 18.0 Å². The fourth-order valence-electron chi connectivity index (χ4n) is 9.87. The lowest BCUT2D eigenvalue weighted by Gasteiger charge is -2.49. The van der Waals surface area contributed by atoms with E-state index in [-0.39, 0.29) is 21.7 Å². The molecule has 0 aromatic heterocycles. The second-order valence-electron chi connectivity index (χ2n) is 19.5. The van der Waals surface area contributed by atoms with E-state index in [1.54, 1.807) is 0 Å². The van der Waals surface area contributed by atoms with Crippen molar-refractivity contribution >= 4 is 56.1 Å². The van der Waals surface area contributed by atoms with Gasteiger partial charge in [-0.05, 0) is 46.2 Å². The highest BCUT2D eigenvalue weighted by Gasteiger charge is 2.61. The molecule has 1 heterocycles. The van der Waals surface area contributed by atoms with Crippen LogP contribution < -0.4 is 31.1 Å². The van der Waals surface area contributed by atoms with Crippen LogP contribution in [0.3, 0.4) is 0 Å². The highest BCUT2D eigenvalue weighted by Crippen LogP contribution is 2.44. The summed E-state index contributed by atoms with van der Waals surface area (Å²) in [5.74, 6) is 0. The molecule has 0 amide bonds. The molecule has 0 saturated carbocycles. The van der Waals surface area contributed by atoms with Gasteiger partial charge in [-0.15, -0.1) is 0 Å². The van der Waals surface area contributed by atoms with Gasteiger partial charge in [0.1, 0.15) is 18.3 Å². The van der Waals surface area contributed by atoms with Crippen LogP contribution in [0, 0.1) is 0 Å². The molecule has 0 radical (unpaired) electrons. The van der Waals surface area contributed by atoms with Crippen LogP contribution in [0.4, 0.5) is 0 Å². The molecule has 1 saturated heterocycles. The van der Waals surface area contributed by atoms with Gasteiger partial charge in [-0.25, -0.2) is 0 Å². The van der Waals surface area contributed by atoms with Gasteiger partial charge in [-0.2, -0.15) is 0 Å². The van der Waals surface area contributed by atoms with Gasteiger partial charge >= 0.3 is 0 Å². The lowest BCUT2D eigenvalue weighted by molar-refractivity contribution is -0.128. The Morgan fingerprint density at radius 1 is 0.393 bits per heavy atom. The Morgan fingerprint density at radius 3 is 0.902 bits per heavy atom. The summed E-state index contributed by atoms with van der Waals surface area (Å²) in [6.45, 7) is 20.7. The highest BCUT2D eigenvalue weighted by atomic mass is 28.4. The quantitative estimate of drug-likeness (QED) is 0.119. The predicted molar refractivity (Wildman–Crippen MR) is 259 cm³/mol. The van der Waals surface area contributed by atoms with E-state index >= 15 is 0 Å². The zero-order valence-corrected chi connectivity index (χ0v) is 40.4. The van der Waals surface area contributed by atoms with Crippen molar-refractivity contribution in [3.8, 4) is 0 Å². The van der Waals surface area contributed by atoms with Crippen LogP contribution in [-0.2, 0) is 18.0 Å². The average molecular weight is 865 g/mol. The van der Waals surface area contributed by atoms with Crippen LogP contribution in [-0.4, -0.2) is 61.3 Å². The van der Waals surface area contributed by atoms with Crippen LogP contribution >= 0.6 is 0 Å². The monoisotopic (exact) mass is 864 g/mol. The molecule has 61 heavy (non-hydrogen) atoms. The normalized spacial score (nSPS) is 19.2. The SMILES string of the molecule is CC(C)(C)[Si](OC[C@H]1OC(O)[C@@H](O[Si](c2ccccc2)(c2ccccc2)C(C)(C)C)[C@@H]1O[Si](c1ccccc1)(c1ccccc1)C(C)(C)C)(c1ccccc1)c1ccccc1. The zero-order valence-electron chi connectivity index (χ0n) is 37.4. The second kappa shape index (κ2) is 17.9. The summed E-state index contributed by atoms with van der Waals surface area (Å²) in [4.78, 5) is 0. The largest absolute Gasteiger partial charge is 0.405 e. The molecule has 1 aliphatic heterocycles. The molecule has 318 valence electrons. The summed E-state index contributed by atoms with van der Waals surface area (Å²) in [5, 5.41) is 18.5. The van der Waals surface area contributed by atoms with Gasteiger partial charge in [0.05, 0.1) is 6.61 Å². The first-order chi connectivity index (χ1) is 29.1. The van der Waals surface area contributed by atoms with Gasteiger partial charge in [0, 0.05) is 0 Å². The molecule has 6 aromatic carbocycles. The van der Waals surface area contributed by atoms with E-state index in [1.807, 2.05) is 0 Å². The minimum atomic E-state index is -3.25. The molecular formula is C53H64O5Si3. The number of ether oxygens (including phenoxy) is 1. The predicted octanol–water partition coefficient (Wildman–Crippen LogP) is 8.17. The van der Waals surface area contributed by atoms with Crippen LogP contribution in [0.5, 0.6) is 0 Å². The Hall–Kier alpha value is -4.23. The summed E-state index contributed by atoms with van der Waals surface area (Å²) in [7, 11) is -9.52. The zero-order chi connectivity index (χ0) is 43.5. The lowest BCUT2D eigenvalue weighted by Crippen LogP contribution is -2.72. The standard InChI is InChI=1S/C53H64O5Si3/c1-51(2,3)59(41-28-16-10-17-29-41,42-30-18-11-19-31-42)55-40-47-48(57-60(52(4,5)6,43-32-20-12-21-33-43)44-34-22-13-23-35-44)49(50(54)56-47)58-61(53(7,8)9,45-36-24-14-25-37-45)46-38-26-15-27-39-46/h10-39,47-50,54H,40H2,1-9H3/t47-,48-,49+,50?/m1/s1. The van der Waals surface area contributed by atoms with Crippen molar-refractivity contribution in [3.63, 3.8) is 0 Å². The number of benzene rings is 6. The molecule has 0 spiro atoms. The Morgan fingerprint density at radius 2 is 0.639 bits per heavy atom. The van der Waals surface area contributed by atoms with E-state index in [1.165, 1.54) is 10.4 Å². The van der Waals surface area contributed by atoms with Crippen LogP contribution in [0.25, 0.3) is 0 Å². The molecule has 1 unspecified atom stereocenters. The maximum absolute atomic E-state index is 12.6. The Kier molecular flexibility index (Phi) is 13.1. The third-order valence-corrected chi connectivity index (χ3v) is 27.7. The third-order valence-electron chi connectivity index (χ3n) is 12.6. The molecule has 7 rings (SSSR count). The molecule has 0 bridgehead atoms. The first-order valence-electron chi connectivity index (χ1n) is 21.7. The summed E-state index contributed by atoms with van der Waals surface area (Å²) >= 11 is 0. The van der Waals surface area contributed by atoms with Crippen molar-refractivity contribution in [2.45, 2.75) is 102 Å². The highest BCUT2D eigenvalue weighted by molar-refractivity contribution is 7.01.